The quantitative estimate of drug-likeness (QED) is 0.587. The first-order chi connectivity index (χ1) is 12.0. The topological polar surface area (TPSA) is 121 Å². The Bertz CT molecular complexity index is 1210. The second-order valence-electron chi connectivity index (χ2n) is 5.37. The minimum absolute atomic E-state index is 0.0685. The van der Waals surface area contributed by atoms with E-state index in [9.17, 15) is 21.2 Å². The van der Waals surface area contributed by atoms with Gasteiger partial charge >= 0.3 is 0 Å². The van der Waals surface area contributed by atoms with Gasteiger partial charge in [-0.3, -0.25) is 4.72 Å². The Morgan fingerprint density at radius 1 is 1.08 bits per heavy atom. The minimum atomic E-state index is -4.15. The molecule has 0 spiro atoms. The Morgan fingerprint density at radius 3 is 2.46 bits per heavy atom. The molecule has 1 heterocycles. The van der Waals surface area contributed by atoms with E-state index in [-0.39, 0.29) is 11.6 Å². The van der Waals surface area contributed by atoms with Crippen LogP contribution in [0.1, 0.15) is 0 Å². The molecule has 8 nitrogen and oxygen atoms in total. The van der Waals surface area contributed by atoms with Gasteiger partial charge in [-0.1, -0.05) is 11.6 Å². The van der Waals surface area contributed by atoms with Crippen LogP contribution >= 0.6 is 11.6 Å². The van der Waals surface area contributed by atoms with Crippen LogP contribution in [0.3, 0.4) is 0 Å². The zero-order valence-corrected chi connectivity index (χ0v) is 15.5. The van der Waals surface area contributed by atoms with Crippen molar-refractivity contribution in [3.05, 3.63) is 47.2 Å². The molecule has 0 radical (unpaired) electrons. The van der Waals surface area contributed by atoms with Crippen LogP contribution in [0.15, 0.2) is 41.3 Å². The molecule has 0 aliphatic heterocycles. The number of hydrogen-bond donors (Lipinski definition) is 3. The molecule has 138 valence electrons. The first kappa shape index (κ1) is 18.4. The van der Waals surface area contributed by atoms with E-state index in [1.165, 1.54) is 0 Å². The van der Waals surface area contributed by atoms with Gasteiger partial charge in [0.25, 0.3) is 10.0 Å². The molecule has 26 heavy (non-hydrogen) atoms. The number of anilines is 2. The summed E-state index contributed by atoms with van der Waals surface area (Å²) in [5, 5.41) is 0.451. The number of imidazole rings is 1. The predicted molar refractivity (Wildman–Crippen MR) is 96.8 cm³/mol. The summed E-state index contributed by atoms with van der Waals surface area (Å²) in [6.07, 6.45) is 0.854. The highest BCUT2D eigenvalue weighted by atomic mass is 35.5. The lowest BCUT2D eigenvalue weighted by Crippen LogP contribution is -2.15. The fraction of sp³-hybridized carbons (Fsp3) is 0.0714. The molecule has 2 aromatic carbocycles. The van der Waals surface area contributed by atoms with Crippen molar-refractivity contribution in [2.24, 2.45) is 0 Å². The molecule has 3 N–H and O–H groups in total. The van der Waals surface area contributed by atoms with Crippen molar-refractivity contribution < 1.29 is 21.2 Å². The third-order valence-corrected chi connectivity index (χ3v) is 5.38. The van der Waals surface area contributed by atoms with Gasteiger partial charge in [-0.05, 0) is 36.4 Å². The number of hydrogen-bond acceptors (Lipinski definition) is 5. The molecule has 0 saturated carbocycles. The van der Waals surface area contributed by atoms with Crippen molar-refractivity contribution >= 4 is 54.3 Å². The van der Waals surface area contributed by atoms with Gasteiger partial charge in [-0.2, -0.15) is 0 Å². The van der Waals surface area contributed by atoms with Gasteiger partial charge in [-0.25, -0.2) is 30.9 Å². The fourth-order valence-electron chi connectivity index (χ4n) is 2.16. The lowest BCUT2D eigenvalue weighted by Gasteiger charge is -2.08. The second-order valence-corrected chi connectivity index (χ2v) is 9.24. The third kappa shape index (κ3) is 4.06. The van der Waals surface area contributed by atoms with E-state index in [0.29, 0.717) is 22.1 Å². The van der Waals surface area contributed by atoms with E-state index in [2.05, 4.69) is 14.7 Å². The molecular weight excluding hydrogens is 407 g/mol. The SMILES string of the molecule is CS(=O)(=O)Nc1ccc(S(=O)(=O)Nc2nc3ccc(Cl)cc3[nH]2)cc1F. The van der Waals surface area contributed by atoms with E-state index in [4.69, 9.17) is 11.6 Å². The molecule has 0 aliphatic rings. The lowest BCUT2D eigenvalue weighted by atomic mass is 10.3. The smallest absolute Gasteiger partial charge is 0.264 e. The van der Waals surface area contributed by atoms with Gasteiger partial charge < -0.3 is 4.98 Å². The van der Waals surface area contributed by atoms with Crippen molar-refractivity contribution in [2.75, 3.05) is 15.7 Å². The molecule has 0 aliphatic carbocycles. The summed E-state index contributed by atoms with van der Waals surface area (Å²) in [6.45, 7) is 0. The molecule has 0 fully saturated rings. The first-order valence-electron chi connectivity index (χ1n) is 6.99. The van der Waals surface area contributed by atoms with Gasteiger partial charge in [0.05, 0.1) is 27.9 Å². The molecule has 0 atom stereocenters. The van der Waals surface area contributed by atoms with E-state index < -0.39 is 30.8 Å². The van der Waals surface area contributed by atoms with Gasteiger partial charge in [-0.15, -0.1) is 0 Å². The summed E-state index contributed by atoms with van der Waals surface area (Å²) in [5.74, 6) is -1.10. The molecule has 0 bridgehead atoms. The molecule has 3 aromatic rings. The van der Waals surface area contributed by atoms with E-state index >= 15 is 0 Å². The van der Waals surface area contributed by atoms with Crippen molar-refractivity contribution in [3.63, 3.8) is 0 Å². The highest BCUT2D eigenvalue weighted by molar-refractivity contribution is 7.92. The Labute approximate surface area is 153 Å². The number of halogens is 2. The van der Waals surface area contributed by atoms with Gasteiger partial charge in [0.2, 0.25) is 16.0 Å². The number of benzene rings is 2. The summed E-state index contributed by atoms with van der Waals surface area (Å²) in [6, 6.07) is 7.58. The number of aromatic nitrogens is 2. The highest BCUT2D eigenvalue weighted by Crippen LogP contribution is 2.23. The van der Waals surface area contributed by atoms with Crippen molar-refractivity contribution in [1.82, 2.24) is 9.97 Å². The fourth-order valence-corrected chi connectivity index (χ4v) is 3.87. The Balaban J connectivity index is 1.90. The number of rotatable bonds is 5. The molecule has 3 rings (SSSR count). The molecule has 1 aromatic heterocycles. The van der Waals surface area contributed by atoms with Crippen LogP contribution in [0.2, 0.25) is 5.02 Å². The summed E-state index contributed by atoms with van der Waals surface area (Å²) in [4.78, 5) is 6.42. The minimum Gasteiger partial charge on any atom is -0.323 e. The second kappa shape index (κ2) is 6.41. The maximum atomic E-state index is 14.0. The number of aromatic amines is 1. The third-order valence-electron chi connectivity index (χ3n) is 3.22. The Hall–Kier alpha value is -2.37. The standard InChI is InChI=1S/C14H12ClFN4O4S2/c1-25(21,22)19-11-5-3-9(7-10(11)16)26(23,24)20-14-17-12-4-2-8(15)6-13(12)18-14/h2-7,19H,1H3,(H2,17,18,20). The maximum absolute atomic E-state index is 14.0. The number of H-pyrrole nitrogens is 1. The number of nitrogens with zero attached hydrogens (tertiary/aromatic N) is 1. The van der Waals surface area contributed by atoms with Crippen LogP contribution in [-0.4, -0.2) is 33.1 Å². The summed E-state index contributed by atoms with van der Waals surface area (Å²) >= 11 is 5.86. The Kier molecular flexibility index (Phi) is 4.54. The average molecular weight is 419 g/mol. The number of sulfonamides is 2. The number of fused-ring (bicyclic) bond motifs is 1. The highest BCUT2D eigenvalue weighted by Gasteiger charge is 2.19. The van der Waals surface area contributed by atoms with E-state index in [1.807, 2.05) is 4.72 Å². The summed E-state index contributed by atoms with van der Waals surface area (Å²) < 4.78 is 65.2. The van der Waals surface area contributed by atoms with E-state index in [1.54, 1.807) is 18.2 Å². The zero-order chi connectivity index (χ0) is 19.1. The van der Waals surface area contributed by atoms with Crippen molar-refractivity contribution in [2.45, 2.75) is 4.90 Å². The summed E-state index contributed by atoms with van der Waals surface area (Å²) in [5.41, 5.74) is 0.657. The Morgan fingerprint density at radius 2 is 1.81 bits per heavy atom. The zero-order valence-electron chi connectivity index (χ0n) is 13.1. The lowest BCUT2D eigenvalue weighted by molar-refractivity contribution is 0.595. The average Bonchev–Trinajstić information content (AvgIpc) is 2.88. The van der Waals surface area contributed by atoms with Crippen LogP contribution < -0.4 is 9.44 Å². The van der Waals surface area contributed by atoms with Crippen molar-refractivity contribution in [1.29, 1.82) is 0 Å². The molecular formula is C14H12ClFN4O4S2. The molecule has 0 amide bonds. The largest absolute Gasteiger partial charge is 0.323 e. The maximum Gasteiger partial charge on any atom is 0.264 e. The van der Waals surface area contributed by atoms with Gasteiger partial charge in [0, 0.05) is 5.02 Å². The van der Waals surface area contributed by atoms with Crippen LogP contribution in [0, 0.1) is 5.82 Å². The number of nitrogens with one attached hydrogen (secondary N) is 3. The summed E-state index contributed by atoms with van der Waals surface area (Å²) in [7, 11) is -7.84. The van der Waals surface area contributed by atoms with Crippen LogP contribution in [0.4, 0.5) is 16.0 Å². The van der Waals surface area contributed by atoms with Gasteiger partial charge in [0.15, 0.2) is 0 Å². The molecule has 0 saturated heterocycles. The first-order valence-corrected chi connectivity index (χ1v) is 10.7. The van der Waals surface area contributed by atoms with E-state index in [0.717, 1.165) is 18.4 Å². The predicted octanol–water partition coefficient (Wildman–Crippen LogP) is 2.53. The monoisotopic (exact) mass is 418 g/mol. The van der Waals surface area contributed by atoms with Crippen LogP contribution in [-0.2, 0) is 20.0 Å². The van der Waals surface area contributed by atoms with Crippen molar-refractivity contribution in [3.8, 4) is 0 Å². The van der Waals surface area contributed by atoms with Gasteiger partial charge in [0.1, 0.15) is 5.82 Å². The molecule has 0 unspecified atom stereocenters. The molecule has 12 heteroatoms. The van der Waals surface area contributed by atoms with Crippen LogP contribution in [0.5, 0.6) is 0 Å². The van der Waals surface area contributed by atoms with Crippen LogP contribution in [0.25, 0.3) is 11.0 Å². The normalized spacial score (nSPS) is 12.3.